The molecule has 5 rings (SSSR count). The monoisotopic (exact) mass is 533 g/mol. The Morgan fingerprint density at radius 2 is 1.58 bits per heavy atom. The Balaban J connectivity index is 1.23. The van der Waals surface area contributed by atoms with Crippen molar-refractivity contribution in [3.8, 4) is 16.9 Å². The third kappa shape index (κ3) is 6.23. The first-order valence-electron chi connectivity index (χ1n) is 12.7. The first kappa shape index (κ1) is 25.9. The molecule has 198 valence electrons. The average Bonchev–Trinajstić information content (AvgIpc) is 3.74. The molecule has 3 N–H and O–H groups in total. The van der Waals surface area contributed by atoms with Gasteiger partial charge in [-0.25, -0.2) is 8.42 Å². The van der Waals surface area contributed by atoms with E-state index in [9.17, 15) is 23.1 Å². The number of phenolic OH excluding ortho intramolecular Hbond substituents is 1. The summed E-state index contributed by atoms with van der Waals surface area (Å²) in [6.07, 6.45) is 1.84. The molecule has 8 nitrogen and oxygen atoms in total. The van der Waals surface area contributed by atoms with Crippen molar-refractivity contribution in [3.63, 3.8) is 0 Å². The zero-order chi connectivity index (χ0) is 26.9. The maximum Gasteiger partial charge on any atom is 0.255 e. The molecule has 1 aliphatic heterocycles. The maximum absolute atomic E-state index is 12.9. The van der Waals surface area contributed by atoms with Crippen LogP contribution in [0, 0.1) is 12.8 Å². The lowest BCUT2D eigenvalue weighted by Gasteiger charge is -2.26. The Bertz CT molecular complexity index is 1470. The van der Waals surface area contributed by atoms with Crippen LogP contribution in [0.3, 0.4) is 0 Å². The second-order valence-corrected chi connectivity index (χ2v) is 12.4. The number of sulfone groups is 1. The summed E-state index contributed by atoms with van der Waals surface area (Å²) < 4.78 is 23.2. The lowest BCUT2D eigenvalue weighted by molar-refractivity contribution is -0.117. The predicted octanol–water partition coefficient (Wildman–Crippen LogP) is 4.20. The quantitative estimate of drug-likeness (QED) is 0.419. The van der Waals surface area contributed by atoms with E-state index in [-0.39, 0.29) is 35.0 Å². The van der Waals surface area contributed by atoms with E-state index in [1.54, 1.807) is 12.1 Å². The van der Waals surface area contributed by atoms with Crippen molar-refractivity contribution in [1.82, 2.24) is 4.90 Å². The van der Waals surface area contributed by atoms with Crippen LogP contribution in [0.4, 0.5) is 11.4 Å². The van der Waals surface area contributed by atoms with Gasteiger partial charge in [-0.1, -0.05) is 18.2 Å². The number of benzene rings is 3. The lowest BCUT2D eigenvalue weighted by atomic mass is 9.97. The highest BCUT2D eigenvalue weighted by Gasteiger charge is 2.29. The number of aryl methyl sites for hydroxylation is 1. The van der Waals surface area contributed by atoms with Gasteiger partial charge in [0, 0.05) is 48.1 Å². The van der Waals surface area contributed by atoms with Crippen LogP contribution in [0.2, 0.25) is 0 Å². The summed E-state index contributed by atoms with van der Waals surface area (Å²) in [6.45, 7) is 3.64. The number of nitrogens with one attached hydrogen (secondary N) is 2. The minimum atomic E-state index is -2.91. The van der Waals surface area contributed by atoms with Gasteiger partial charge in [0.1, 0.15) is 5.75 Å². The minimum absolute atomic E-state index is 0.0195. The van der Waals surface area contributed by atoms with E-state index < -0.39 is 9.84 Å². The van der Waals surface area contributed by atoms with Crippen LogP contribution in [0.15, 0.2) is 60.7 Å². The van der Waals surface area contributed by atoms with E-state index in [1.807, 2.05) is 49.4 Å². The summed E-state index contributed by atoms with van der Waals surface area (Å²) in [5.41, 5.74) is 4.96. The Morgan fingerprint density at radius 1 is 0.895 bits per heavy atom. The van der Waals surface area contributed by atoms with Crippen LogP contribution in [-0.4, -0.2) is 54.8 Å². The zero-order valence-electron chi connectivity index (χ0n) is 21.2. The molecular weight excluding hydrogens is 502 g/mol. The number of nitrogens with zero attached hydrogens (tertiary/aromatic N) is 1. The summed E-state index contributed by atoms with van der Waals surface area (Å²) in [5, 5.41) is 16.6. The van der Waals surface area contributed by atoms with Crippen molar-refractivity contribution >= 4 is 33.0 Å². The second-order valence-electron chi connectivity index (χ2n) is 10.1. The van der Waals surface area contributed by atoms with Crippen LogP contribution >= 0.6 is 0 Å². The van der Waals surface area contributed by atoms with Gasteiger partial charge in [-0.05, 0) is 78.9 Å². The largest absolute Gasteiger partial charge is 0.507 e. The van der Waals surface area contributed by atoms with Crippen molar-refractivity contribution in [3.05, 3.63) is 77.4 Å². The molecule has 1 aliphatic carbocycles. The SMILES string of the molecule is Cc1ccc(NC(=O)C2CC2)cc1-c1ccc(C(=O)Nc2ccc(CN3CCS(=O)(=O)CC3)cc2)cc1O. The maximum atomic E-state index is 12.9. The molecule has 9 heteroatoms. The summed E-state index contributed by atoms with van der Waals surface area (Å²) in [7, 11) is -2.91. The van der Waals surface area contributed by atoms with Gasteiger partial charge in [-0.15, -0.1) is 0 Å². The van der Waals surface area contributed by atoms with E-state index >= 15 is 0 Å². The summed E-state index contributed by atoms with van der Waals surface area (Å²) >= 11 is 0. The number of carbonyl (C=O) groups is 2. The number of anilines is 2. The first-order valence-corrected chi connectivity index (χ1v) is 14.6. The average molecular weight is 534 g/mol. The molecule has 2 fully saturated rings. The minimum Gasteiger partial charge on any atom is -0.507 e. The standard InChI is InChI=1S/C29H31N3O5S/c1-19-2-8-24(31-28(34)21-5-6-21)17-26(19)25-11-7-22(16-27(25)33)29(35)30-23-9-3-20(4-10-23)18-32-12-14-38(36,37)15-13-32/h2-4,7-11,16-17,21,33H,5-6,12-15,18H2,1H3,(H,30,35)(H,31,34). The second kappa shape index (κ2) is 10.6. The van der Waals surface area contributed by atoms with E-state index in [0.29, 0.717) is 42.1 Å². The number of aromatic hydroxyl groups is 1. The molecule has 0 atom stereocenters. The molecule has 0 spiro atoms. The molecule has 38 heavy (non-hydrogen) atoms. The zero-order valence-corrected chi connectivity index (χ0v) is 22.1. The van der Waals surface area contributed by atoms with Gasteiger partial charge in [-0.3, -0.25) is 14.5 Å². The number of amides is 2. The van der Waals surface area contributed by atoms with Gasteiger partial charge >= 0.3 is 0 Å². The van der Waals surface area contributed by atoms with Crippen LogP contribution in [0.1, 0.15) is 34.3 Å². The molecular formula is C29H31N3O5S. The molecule has 1 heterocycles. The van der Waals surface area contributed by atoms with Gasteiger partial charge in [0.15, 0.2) is 9.84 Å². The fourth-order valence-corrected chi connectivity index (χ4v) is 5.82. The summed E-state index contributed by atoms with van der Waals surface area (Å²) in [5.74, 6) is 0.126. The molecule has 3 aromatic rings. The number of hydrogen-bond acceptors (Lipinski definition) is 6. The van der Waals surface area contributed by atoms with Crippen LogP contribution in [0.5, 0.6) is 5.75 Å². The van der Waals surface area contributed by atoms with E-state index in [1.165, 1.54) is 6.07 Å². The van der Waals surface area contributed by atoms with Gasteiger partial charge in [0.05, 0.1) is 11.5 Å². The Labute approximate surface area is 222 Å². The van der Waals surface area contributed by atoms with Crippen molar-refractivity contribution in [2.24, 2.45) is 5.92 Å². The molecule has 0 unspecified atom stereocenters. The molecule has 1 saturated heterocycles. The highest BCUT2D eigenvalue weighted by molar-refractivity contribution is 7.91. The predicted molar refractivity (Wildman–Crippen MR) is 148 cm³/mol. The van der Waals surface area contributed by atoms with Gasteiger partial charge < -0.3 is 15.7 Å². The topological polar surface area (TPSA) is 116 Å². The number of carbonyl (C=O) groups excluding carboxylic acids is 2. The smallest absolute Gasteiger partial charge is 0.255 e. The molecule has 1 saturated carbocycles. The number of phenols is 1. The Hall–Kier alpha value is -3.69. The third-order valence-electron chi connectivity index (χ3n) is 7.06. The fraction of sp³-hybridized carbons (Fsp3) is 0.310. The van der Waals surface area contributed by atoms with Crippen molar-refractivity contribution in [1.29, 1.82) is 0 Å². The molecule has 2 amide bonds. The van der Waals surface area contributed by atoms with Gasteiger partial charge in [-0.2, -0.15) is 0 Å². The van der Waals surface area contributed by atoms with Gasteiger partial charge in [0.25, 0.3) is 5.91 Å². The third-order valence-corrected chi connectivity index (χ3v) is 8.67. The molecule has 0 radical (unpaired) electrons. The number of hydrogen-bond donors (Lipinski definition) is 3. The lowest BCUT2D eigenvalue weighted by Crippen LogP contribution is -2.39. The number of rotatable bonds is 7. The Kier molecular flexibility index (Phi) is 7.23. The fourth-order valence-electron chi connectivity index (χ4n) is 4.54. The molecule has 2 aliphatic rings. The first-order chi connectivity index (χ1) is 18.2. The van der Waals surface area contributed by atoms with Crippen LogP contribution < -0.4 is 10.6 Å². The van der Waals surface area contributed by atoms with E-state index in [2.05, 4.69) is 15.5 Å². The van der Waals surface area contributed by atoms with Crippen molar-refractivity contribution < 1.29 is 23.1 Å². The van der Waals surface area contributed by atoms with Gasteiger partial charge in [0.2, 0.25) is 5.91 Å². The highest BCUT2D eigenvalue weighted by Crippen LogP contribution is 2.35. The van der Waals surface area contributed by atoms with E-state index in [0.717, 1.165) is 29.5 Å². The highest BCUT2D eigenvalue weighted by atomic mass is 32.2. The molecule has 3 aromatic carbocycles. The van der Waals surface area contributed by atoms with Crippen LogP contribution in [0.25, 0.3) is 11.1 Å². The summed E-state index contributed by atoms with van der Waals surface area (Å²) in [6, 6.07) is 17.9. The summed E-state index contributed by atoms with van der Waals surface area (Å²) in [4.78, 5) is 27.1. The molecule has 0 bridgehead atoms. The molecule has 0 aromatic heterocycles. The van der Waals surface area contributed by atoms with Crippen molar-refractivity contribution in [2.45, 2.75) is 26.3 Å². The van der Waals surface area contributed by atoms with Crippen molar-refractivity contribution in [2.75, 3.05) is 35.2 Å². The van der Waals surface area contributed by atoms with Crippen LogP contribution in [-0.2, 0) is 21.2 Å². The van der Waals surface area contributed by atoms with E-state index in [4.69, 9.17) is 0 Å². The Morgan fingerprint density at radius 3 is 2.24 bits per heavy atom. The normalized spacial score (nSPS) is 17.1.